The molecule has 108 valence electrons. The van der Waals surface area contributed by atoms with E-state index < -0.39 is 0 Å². The molecule has 2 rings (SSSR count). The lowest BCUT2D eigenvalue weighted by molar-refractivity contribution is 0.208. The highest BCUT2D eigenvalue weighted by Crippen LogP contribution is 2.26. The van der Waals surface area contributed by atoms with Crippen molar-refractivity contribution in [3.8, 4) is 0 Å². The van der Waals surface area contributed by atoms with E-state index in [4.69, 9.17) is 0 Å². The molecule has 4 nitrogen and oxygen atoms in total. The molecule has 0 radical (unpaired) electrons. The molecule has 0 amide bonds. The van der Waals surface area contributed by atoms with E-state index in [0.29, 0.717) is 5.92 Å². The minimum atomic E-state index is 0.265. The molecular weight excluding hydrogens is 236 g/mol. The van der Waals surface area contributed by atoms with Crippen molar-refractivity contribution < 1.29 is 0 Å². The number of imidazole rings is 1. The predicted octanol–water partition coefficient (Wildman–Crippen LogP) is 1.94. The Balaban J connectivity index is 2.06. The molecule has 4 heteroatoms. The largest absolute Gasteiger partial charge is 0.334 e. The maximum atomic E-state index is 4.38. The van der Waals surface area contributed by atoms with E-state index in [1.807, 2.05) is 6.33 Å². The van der Waals surface area contributed by atoms with E-state index >= 15 is 0 Å². The summed E-state index contributed by atoms with van der Waals surface area (Å²) in [6.07, 6.45) is 6.62. The molecule has 0 saturated carbocycles. The quantitative estimate of drug-likeness (QED) is 0.882. The highest BCUT2D eigenvalue weighted by molar-refractivity contribution is 5.08. The second-order valence-electron chi connectivity index (χ2n) is 6.89. The van der Waals surface area contributed by atoms with E-state index in [0.717, 1.165) is 26.2 Å². The Morgan fingerprint density at radius 3 is 2.89 bits per heavy atom. The van der Waals surface area contributed by atoms with Crippen LogP contribution in [-0.4, -0.2) is 48.2 Å². The van der Waals surface area contributed by atoms with Crippen molar-refractivity contribution in [1.29, 1.82) is 0 Å². The van der Waals surface area contributed by atoms with Gasteiger partial charge in [-0.05, 0) is 38.9 Å². The first-order chi connectivity index (χ1) is 8.98. The van der Waals surface area contributed by atoms with Crippen LogP contribution in [0.25, 0.3) is 0 Å². The Kier molecular flexibility index (Phi) is 4.63. The number of nitrogens with one attached hydrogen (secondary N) is 1. The van der Waals surface area contributed by atoms with Gasteiger partial charge in [0.1, 0.15) is 0 Å². The van der Waals surface area contributed by atoms with Gasteiger partial charge < -0.3 is 14.8 Å². The minimum Gasteiger partial charge on any atom is -0.334 e. The van der Waals surface area contributed by atoms with Crippen LogP contribution in [0.2, 0.25) is 0 Å². The maximum absolute atomic E-state index is 4.38. The van der Waals surface area contributed by atoms with Gasteiger partial charge >= 0.3 is 0 Å². The van der Waals surface area contributed by atoms with Gasteiger partial charge in [-0.2, -0.15) is 0 Å². The van der Waals surface area contributed by atoms with Crippen molar-refractivity contribution in [1.82, 2.24) is 19.8 Å². The summed E-state index contributed by atoms with van der Waals surface area (Å²) in [6, 6.07) is 0. The lowest BCUT2D eigenvalue weighted by atomic mass is 9.91. The van der Waals surface area contributed by atoms with E-state index in [1.165, 1.54) is 18.5 Å². The van der Waals surface area contributed by atoms with Gasteiger partial charge in [0.25, 0.3) is 0 Å². The average Bonchev–Trinajstić information content (AvgIpc) is 2.75. The molecule has 1 aromatic rings. The van der Waals surface area contributed by atoms with Crippen LogP contribution in [0, 0.1) is 5.41 Å². The Morgan fingerprint density at radius 1 is 1.47 bits per heavy atom. The van der Waals surface area contributed by atoms with Crippen molar-refractivity contribution in [3.05, 3.63) is 18.2 Å². The monoisotopic (exact) mass is 264 g/mol. The summed E-state index contributed by atoms with van der Waals surface area (Å²) >= 11 is 0. The van der Waals surface area contributed by atoms with Crippen molar-refractivity contribution in [3.63, 3.8) is 0 Å². The third kappa shape index (κ3) is 4.05. The van der Waals surface area contributed by atoms with Crippen LogP contribution in [0.5, 0.6) is 0 Å². The number of hydrogen-bond donors (Lipinski definition) is 1. The van der Waals surface area contributed by atoms with Gasteiger partial charge in [0, 0.05) is 37.4 Å². The zero-order chi connectivity index (χ0) is 13.9. The zero-order valence-electron chi connectivity index (χ0n) is 12.8. The summed E-state index contributed by atoms with van der Waals surface area (Å²) < 4.78 is 2.36. The third-order valence-electron chi connectivity index (χ3n) is 3.80. The zero-order valence-corrected chi connectivity index (χ0v) is 12.8. The van der Waals surface area contributed by atoms with E-state index in [1.54, 1.807) is 0 Å². The van der Waals surface area contributed by atoms with Gasteiger partial charge in [-0.1, -0.05) is 13.8 Å². The van der Waals surface area contributed by atoms with Crippen LogP contribution >= 0.6 is 0 Å². The van der Waals surface area contributed by atoms with Gasteiger partial charge in [-0.15, -0.1) is 0 Å². The fraction of sp³-hybridized carbons (Fsp3) is 0.800. The van der Waals surface area contributed by atoms with Crippen molar-refractivity contribution in [2.24, 2.45) is 5.41 Å². The third-order valence-corrected chi connectivity index (χ3v) is 3.80. The molecule has 2 heterocycles. The highest BCUT2D eigenvalue weighted by atomic mass is 15.1. The first kappa shape index (κ1) is 14.5. The number of nitrogens with zero attached hydrogens (tertiary/aromatic N) is 3. The molecule has 1 saturated heterocycles. The van der Waals surface area contributed by atoms with Gasteiger partial charge in [0.05, 0.1) is 6.33 Å². The van der Waals surface area contributed by atoms with E-state index in [9.17, 15) is 0 Å². The predicted molar refractivity (Wildman–Crippen MR) is 79.4 cm³/mol. The Morgan fingerprint density at radius 2 is 2.26 bits per heavy atom. The van der Waals surface area contributed by atoms with Crippen molar-refractivity contribution in [2.75, 3.05) is 33.7 Å². The fourth-order valence-electron chi connectivity index (χ4n) is 3.27. The topological polar surface area (TPSA) is 33.1 Å². The number of hydrogen-bond acceptors (Lipinski definition) is 3. The molecular formula is C15H28N4. The molecule has 0 spiro atoms. The minimum absolute atomic E-state index is 0.265. The fourth-order valence-corrected chi connectivity index (χ4v) is 3.27. The van der Waals surface area contributed by atoms with Crippen LogP contribution < -0.4 is 5.32 Å². The lowest BCUT2D eigenvalue weighted by Crippen LogP contribution is -2.34. The summed E-state index contributed by atoms with van der Waals surface area (Å²) in [4.78, 5) is 6.64. The summed E-state index contributed by atoms with van der Waals surface area (Å²) in [5.41, 5.74) is 1.67. The second-order valence-corrected chi connectivity index (χ2v) is 6.89. The number of piperidine rings is 1. The van der Waals surface area contributed by atoms with Crippen molar-refractivity contribution >= 4 is 0 Å². The molecule has 0 aromatic carbocycles. The molecule has 1 fully saturated rings. The molecule has 0 aliphatic carbocycles. The molecule has 1 unspecified atom stereocenters. The number of aromatic nitrogens is 2. The van der Waals surface area contributed by atoms with Gasteiger partial charge in [0.15, 0.2) is 0 Å². The van der Waals surface area contributed by atoms with Crippen LogP contribution in [0.4, 0.5) is 0 Å². The van der Waals surface area contributed by atoms with Crippen LogP contribution in [-0.2, 0) is 6.54 Å². The van der Waals surface area contributed by atoms with E-state index in [-0.39, 0.29) is 5.41 Å². The standard InChI is InChI=1S/C15H28N4/c1-15(2,10-18(3)4)11-19-12-17-9-14(19)13-6-5-7-16-8-13/h9,12-13,16H,5-8,10-11H2,1-4H3. The summed E-state index contributed by atoms with van der Waals surface area (Å²) in [5.74, 6) is 0.631. The lowest BCUT2D eigenvalue weighted by Gasteiger charge is -2.31. The molecule has 19 heavy (non-hydrogen) atoms. The van der Waals surface area contributed by atoms with Crippen LogP contribution in [0.3, 0.4) is 0 Å². The molecule has 1 atom stereocenters. The Labute approximate surface area is 117 Å². The smallest absolute Gasteiger partial charge is 0.0948 e. The number of rotatable bonds is 5. The summed E-state index contributed by atoms with van der Waals surface area (Å²) in [7, 11) is 4.28. The first-order valence-electron chi connectivity index (χ1n) is 7.33. The van der Waals surface area contributed by atoms with E-state index in [2.05, 4.69) is 53.9 Å². The first-order valence-corrected chi connectivity index (χ1v) is 7.33. The second kappa shape index (κ2) is 6.06. The van der Waals surface area contributed by atoms with Gasteiger partial charge in [-0.25, -0.2) is 4.98 Å². The molecule has 1 aliphatic heterocycles. The SMILES string of the molecule is CN(C)CC(C)(C)Cn1cncc1C1CCCNC1. The van der Waals surface area contributed by atoms with Crippen molar-refractivity contribution in [2.45, 2.75) is 39.2 Å². The maximum Gasteiger partial charge on any atom is 0.0948 e. The summed E-state index contributed by atoms with van der Waals surface area (Å²) in [5, 5.41) is 3.50. The van der Waals surface area contributed by atoms with Crippen LogP contribution in [0.1, 0.15) is 38.3 Å². The summed E-state index contributed by atoms with van der Waals surface area (Å²) in [6.45, 7) is 9.05. The normalized spacial score (nSPS) is 21.0. The molecule has 1 aromatic heterocycles. The average molecular weight is 264 g/mol. The van der Waals surface area contributed by atoms with Gasteiger partial charge in [-0.3, -0.25) is 0 Å². The molecule has 0 bridgehead atoms. The Hall–Kier alpha value is -0.870. The van der Waals surface area contributed by atoms with Crippen LogP contribution in [0.15, 0.2) is 12.5 Å². The molecule has 1 N–H and O–H groups in total. The Bertz CT molecular complexity index is 389. The van der Waals surface area contributed by atoms with Gasteiger partial charge in [0.2, 0.25) is 0 Å². The highest BCUT2D eigenvalue weighted by Gasteiger charge is 2.24. The molecule has 1 aliphatic rings.